The summed E-state index contributed by atoms with van der Waals surface area (Å²) in [7, 11) is 0. The number of aliphatic hydroxyl groups excluding tert-OH is 1. The van der Waals surface area contributed by atoms with E-state index in [-0.39, 0.29) is 13.2 Å². The predicted molar refractivity (Wildman–Crippen MR) is 48.4 cm³/mol. The molecule has 5 nitrogen and oxygen atoms in total. The van der Waals surface area contributed by atoms with Gasteiger partial charge in [0.05, 0.1) is 12.7 Å². The maximum Gasteiger partial charge on any atom is 0.331 e. The quantitative estimate of drug-likeness (QED) is 0.503. The van der Waals surface area contributed by atoms with Crippen molar-refractivity contribution in [3.63, 3.8) is 0 Å². The van der Waals surface area contributed by atoms with E-state index < -0.39 is 18.0 Å². The fourth-order valence-corrected chi connectivity index (χ4v) is 0.577. The second kappa shape index (κ2) is 7.08. The van der Waals surface area contributed by atoms with Crippen LogP contribution in [0.4, 0.5) is 0 Å². The van der Waals surface area contributed by atoms with E-state index in [1.807, 2.05) is 0 Å². The lowest BCUT2D eigenvalue weighted by atomic mass is 10.4. The summed E-state index contributed by atoms with van der Waals surface area (Å²) in [5.74, 6) is -1.28. The zero-order valence-electron chi connectivity index (χ0n) is 8.23. The molecule has 14 heavy (non-hydrogen) atoms. The van der Waals surface area contributed by atoms with Crippen LogP contribution in [0.5, 0.6) is 0 Å². The molecule has 0 bridgehead atoms. The van der Waals surface area contributed by atoms with Crippen molar-refractivity contribution in [3.8, 4) is 0 Å². The summed E-state index contributed by atoms with van der Waals surface area (Å²) in [6, 6.07) is 0. The monoisotopic (exact) mass is 202 g/mol. The van der Waals surface area contributed by atoms with Crippen LogP contribution >= 0.6 is 0 Å². The Kier molecular flexibility index (Phi) is 6.39. The highest BCUT2D eigenvalue weighted by atomic mass is 16.5. The molecule has 0 aromatic heterocycles. The molecule has 0 aliphatic carbocycles. The van der Waals surface area contributed by atoms with Crippen LogP contribution in [0.1, 0.15) is 13.8 Å². The van der Waals surface area contributed by atoms with Crippen molar-refractivity contribution in [2.24, 2.45) is 0 Å². The third-order valence-electron chi connectivity index (χ3n) is 1.11. The summed E-state index contributed by atoms with van der Waals surface area (Å²) in [6.07, 6.45) is 1.23. The van der Waals surface area contributed by atoms with Crippen molar-refractivity contribution in [2.75, 3.05) is 13.2 Å². The average Bonchev–Trinajstić information content (AvgIpc) is 2.12. The van der Waals surface area contributed by atoms with Crippen molar-refractivity contribution >= 4 is 11.9 Å². The Morgan fingerprint density at radius 3 is 2.21 bits per heavy atom. The predicted octanol–water partition coefficient (Wildman–Crippen LogP) is 0.0297. The zero-order valence-corrected chi connectivity index (χ0v) is 8.23. The van der Waals surface area contributed by atoms with Crippen LogP contribution in [0.15, 0.2) is 12.2 Å². The topological polar surface area (TPSA) is 72.8 Å². The van der Waals surface area contributed by atoms with Crippen LogP contribution < -0.4 is 0 Å². The van der Waals surface area contributed by atoms with E-state index in [1.165, 1.54) is 6.92 Å². The van der Waals surface area contributed by atoms with Gasteiger partial charge in [-0.25, -0.2) is 9.59 Å². The van der Waals surface area contributed by atoms with Crippen LogP contribution in [-0.2, 0) is 19.1 Å². The molecule has 1 atom stereocenters. The molecule has 0 aromatic rings. The smallest absolute Gasteiger partial charge is 0.331 e. The molecule has 0 aliphatic heterocycles. The molecule has 5 heteroatoms. The fourth-order valence-electron chi connectivity index (χ4n) is 0.577. The minimum Gasteiger partial charge on any atom is -0.463 e. The van der Waals surface area contributed by atoms with Gasteiger partial charge in [-0.1, -0.05) is 0 Å². The first-order chi connectivity index (χ1) is 6.56. The molecular weight excluding hydrogens is 188 g/mol. The molecule has 80 valence electrons. The van der Waals surface area contributed by atoms with Gasteiger partial charge in [0.15, 0.2) is 0 Å². The van der Waals surface area contributed by atoms with Gasteiger partial charge in [0.25, 0.3) is 0 Å². The SMILES string of the molecule is CCOC(=O)C=CC(=O)OCC(C)O. The first-order valence-corrected chi connectivity index (χ1v) is 4.26. The summed E-state index contributed by atoms with van der Waals surface area (Å²) in [6.45, 7) is 3.32. The van der Waals surface area contributed by atoms with Crippen LogP contribution in [0.25, 0.3) is 0 Å². The molecule has 0 amide bonds. The minimum absolute atomic E-state index is 0.0913. The average molecular weight is 202 g/mol. The van der Waals surface area contributed by atoms with Crippen LogP contribution in [0.3, 0.4) is 0 Å². The van der Waals surface area contributed by atoms with Gasteiger partial charge in [0.2, 0.25) is 0 Å². The molecule has 0 aromatic carbocycles. The van der Waals surface area contributed by atoms with E-state index in [1.54, 1.807) is 6.92 Å². The Balaban J connectivity index is 3.76. The molecule has 0 heterocycles. The van der Waals surface area contributed by atoms with Crippen molar-refractivity contribution < 1.29 is 24.2 Å². The summed E-state index contributed by atoms with van der Waals surface area (Å²) >= 11 is 0. The highest BCUT2D eigenvalue weighted by Crippen LogP contribution is 1.87. The third kappa shape index (κ3) is 7.30. The van der Waals surface area contributed by atoms with E-state index in [0.717, 1.165) is 12.2 Å². The molecule has 0 saturated heterocycles. The number of ether oxygens (including phenoxy) is 2. The van der Waals surface area contributed by atoms with Crippen molar-refractivity contribution in [2.45, 2.75) is 20.0 Å². The Labute approximate surface area is 82.3 Å². The van der Waals surface area contributed by atoms with Crippen LogP contribution in [0, 0.1) is 0 Å². The maximum atomic E-state index is 10.8. The molecule has 0 radical (unpaired) electrons. The summed E-state index contributed by atoms with van der Waals surface area (Å²) in [5, 5.41) is 8.77. The van der Waals surface area contributed by atoms with Gasteiger partial charge in [-0.05, 0) is 13.8 Å². The Morgan fingerprint density at radius 1 is 1.29 bits per heavy atom. The van der Waals surface area contributed by atoms with Crippen LogP contribution in [0.2, 0.25) is 0 Å². The molecule has 1 unspecified atom stereocenters. The van der Waals surface area contributed by atoms with Gasteiger partial charge < -0.3 is 14.6 Å². The number of rotatable bonds is 5. The lowest BCUT2D eigenvalue weighted by molar-refractivity contribution is -0.141. The second-order valence-corrected chi connectivity index (χ2v) is 2.56. The minimum atomic E-state index is -0.713. The fraction of sp³-hybridized carbons (Fsp3) is 0.556. The lowest BCUT2D eigenvalue weighted by Gasteiger charge is -2.03. The highest BCUT2D eigenvalue weighted by Gasteiger charge is 2.02. The van der Waals surface area contributed by atoms with Gasteiger partial charge >= 0.3 is 11.9 Å². The molecular formula is C9H14O5. The zero-order chi connectivity index (χ0) is 11.0. The van der Waals surface area contributed by atoms with E-state index in [2.05, 4.69) is 9.47 Å². The normalized spacial score (nSPS) is 12.5. The Hall–Kier alpha value is -1.36. The summed E-state index contributed by atoms with van der Waals surface area (Å²) < 4.78 is 9.08. The molecule has 0 saturated carbocycles. The lowest BCUT2D eigenvalue weighted by Crippen LogP contribution is -2.14. The van der Waals surface area contributed by atoms with Gasteiger partial charge in [0, 0.05) is 12.2 Å². The van der Waals surface area contributed by atoms with Crippen molar-refractivity contribution in [1.29, 1.82) is 0 Å². The molecule has 0 spiro atoms. The Morgan fingerprint density at radius 2 is 1.79 bits per heavy atom. The largest absolute Gasteiger partial charge is 0.463 e. The number of carbonyl (C=O) groups is 2. The number of hydrogen-bond acceptors (Lipinski definition) is 5. The second-order valence-electron chi connectivity index (χ2n) is 2.56. The first-order valence-electron chi connectivity index (χ1n) is 4.26. The molecule has 0 fully saturated rings. The molecule has 0 aliphatic rings. The molecule has 1 N–H and O–H groups in total. The van der Waals surface area contributed by atoms with E-state index in [9.17, 15) is 9.59 Å². The van der Waals surface area contributed by atoms with Gasteiger partial charge in [-0.2, -0.15) is 0 Å². The highest BCUT2D eigenvalue weighted by molar-refractivity contribution is 5.91. The van der Waals surface area contributed by atoms with Gasteiger partial charge in [0.1, 0.15) is 6.61 Å². The van der Waals surface area contributed by atoms with Gasteiger partial charge in [-0.3, -0.25) is 0 Å². The number of hydrogen-bond donors (Lipinski definition) is 1. The third-order valence-corrected chi connectivity index (χ3v) is 1.11. The summed E-state index contributed by atoms with van der Waals surface area (Å²) in [4.78, 5) is 21.5. The van der Waals surface area contributed by atoms with Crippen molar-refractivity contribution in [1.82, 2.24) is 0 Å². The van der Waals surface area contributed by atoms with Crippen molar-refractivity contribution in [3.05, 3.63) is 12.2 Å². The summed E-state index contributed by atoms with van der Waals surface area (Å²) in [5.41, 5.74) is 0. The van der Waals surface area contributed by atoms with Gasteiger partial charge in [-0.15, -0.1) is 0 Å². The van der Waals surface area contributed by atoms with E-state index >= 15 is 0 Å². The number of carbonyl (C=O) groups excluding carboxylic acids is 2. The van der Waals surface area contributed by atoms with Crippen LogP contribution in [-0.4, -0.2) is 36.4 Å². The molecule has 0 rings (SSSR count). The first kappa shape index (κ1) is 12.6. The Bertz CT molecular complexity index is 219. The standard InChI is InChI=1S/C9H14O5/c1-3-13-8(11)4-5-9(12)14-6-7(2)10/h4-5,7,10H,3,6H2,1-2H3. The number of aliphatic hydroxyl groups is 1. The van der Waals surface area contributed by atoms with E-state index in [0.29, 0.717) is 0 Å². The number of esters is 2. The van der Waals surface area contributed by atoms with E-state index in [4.69, 9.17) is 5.11 Å². The maximum absolute atomic E-state index is 10.8.